The van der Waals surface area contributed by atoms with Crippen LogP contribution < -0.4 is 5.32 Å². The average Bonchev–Trinajstić information content (AvgIpc) is 2.38. The predicted octanol–water partition coefficient (Wildman–Crippen LogP) is 4.05. The Bertz CT molecular complexity index is 424. The second kappa shape index (κ2) is 8.38. The fourth-order valence-corrected chi connectivity index (χ4v) is 3.38. The van der Waals surface area contributed by atoms with Gasteiger partial charge in [0.05, 0.1) is 11.3 Å². The number of aromatic carboxylic acids is 1. The summed E-state index contributed by atoms with van der Waals surface area (Å²) in [4.78, 5) is 12.3. The van der Waals surface area contributed by atoms with Crippen LogP contribution in [0.1, 0.15) is 30.6 Å². The molecule has 0 aliphatic heterocycles. The summed E-state index contributed by atoms with van der Waals surface area (Å²) in [5.41, 5.74) is 1.13. The highest BCUT2D eigenvalue weighted by molar-refractivity contribution is 7.99. The predicted molar refractivity (Wildman–Crippen MR) is 85.9 cm³/mol. The molecule has 0 aliphatic rings. The summed E-state index contributed by atoms with van der Waals surface area (Å²) in [5, 5.41) is 12.8. The van der Waals surface area contributed by atoms with Crippen molar-refractivity contribution in [1.29, 1.82) is 0 Å². The molecule has 1 aromatic carbocycles. The zero-order valence-electron chi connectivity index (χ0n) is 11.6. The Balaban J connectivity index is 3.04. The lowest BCUT2D eigenvalue weighted by Crippen LogP contribution is -2.22. The molecule has 1 atom stereocenters. The number of carbonyl (C=O) groups is 1. The van der Waals surface area contributed by atoms with Crippen LogP contribution in [0.25, 0.3) is 0 Å². The van der Waals surface area contributed by atoms with Gasteiger partial charge in [0.1, 0.15) is 0 Å². The van der Waals surface area contributed by atoms with Crippen molar-refractivity contribution in [2.45, 2.75) is 31.2 Å². The third kappa shape index (κ3) is 4.66. The highest BCUT2D eigenvalue weighted by Crippen LogP contribution is 2.29. The van der Waals surface area contributed by atoms with Crippen LogP contribution in [-0.2, 0) is 0 Å². The first-order valence-electron chi connectivity index (χ1n) is 6.38. The lowest BCUT2D eigenvalue weighted by Gasteiger charge is -2.19. The van der Waals surface area contributed by atoms with E-state index < -0.39 is 5.97 Å². The van der Waals surface area contributed by atoms with Crippen molar-refractivity contribution >= 4 is 35.2 Å². The molecule has 0 heterocycles. The van der Waals surface area contributed by atoms with Crippen LogP contribution in [0.15, 0.2) is 23.1 Å². The normalized spacial score (nSPS) is 12.2. The van der Waals surface area contributed by atoms with Gasteiger partial charge in [-0.2, -0.15) is 11.8 Å². The fraction of sp³-hybridized carbons (Fsp3) is 0.500. The third-order valence-corrected chi connectivity index (χ3v) is 4.44. The summed E-state index contributed by atoms with van der Waals surface area (Å²) in [6, 6.07) is 5.94. The van der Waals surface area contributed by atoms with Gasteiger partial charge in [-0.3, -0.25) is 0 Å². The second-order valence-electron chi connectivity index (χ2n) is 4.12. The van der Waals surface area contributed by atoms with Crippen LogP contribution in [0.3, 0.4) is 0 Å². The van der Waals surface area contributed by atoms with Gasteiger partial charge in [-0.25, -0.2) is 4.79 Å². The van der Waals surface area contributed by atoms with Gasteiger partial charge in [-0.05, 0) is 30.6 Å². The minimum absolute atomic E-state index is 0.301. The van der Waals surface area contributed by atoms with Crippen molar-refractivity contribution in [2.75, 3.05) is 23.1 Å². The second-order valence-corrected chi connectivity index (χ2v) is 6.34. The molecule has 0 bridgehead atoms. The summed E-state index contributed by atoms with van der Waals surface area (Å²) >= 11 is 3.33. The van der Waals surface area contributed by atoms with Crippen LogP contribution in [0, 0.1) is 0 Å². The van der Waals surface area contributed by atoms with Gasteiger partial charge in [0.2, 0.25) is 0 Å². The maximum Gasteiger partial charge on any atom is 0.338 e. The molecule has 3 nitrogen and oxygen atoms in total. The highest BCUT2D eigenvalue weighted by atomic mass is 32.2. The van der Waals surface area contributed by atoms with Gasteiger partial charge in [-0.1, -0.05) is 19.9 Å². The first-order valence-corrected chi connectivity index (χ1v) is 8.76. The molecular formula is C14H21NO2S2. The van der Waals surface area contributed by atoms with E-state index in [1.807, 2.05) is 25.1 Å². The van der Waals surface area contributed by atoms with E-state index in [0.29, 0.717) is 11.6 Å². The van der Waals surface area contributed by atoms with Crippen molar-refractivity contribution in [3.63, 3.8) is 0 Å². The number of carboxylic acids is 1. The lowest BCUT2D eigenvalue weighted by molar-refractivity contribution is 0.0694. The molecule has 106 valence electrons. The van der Waals surface area contributed by atoms with Crippen LogP contribution in [0.4, 0.5) is 5.69 Å². The molecule has 5 heteroatoms. The minimum atomic E-state index is -0.863. The van der Waals surface area contributed by atoms with Gasteiger partial charge in [-0.15, -0.1) is 11.8 Å². The topological polar surface area (TPSA) is 49.3 Å². The van der Waals surface area contributed by atoms with Gasteiger partial charge in [0.15, 0.2) is 0 Å². The molecule has 0 saturated heterocycles. The standard InChI is InChI=1S/C14H21NO2S2/c1-4-10(9-18-3)15-11-7-6-8-12(19-5-2)13(11)14(16)17/h6-8,10,15H,4-5,9H2,1-3H3,(H,16,17). The van der Waals surface area contributed by atoms with E-state index in [1.54, 1.807) is 23.5 Å². The number of anilines is 1. The van der Waals surface area contributed by atoms with E-state index in [0.717, 1.165) is 28.5 Å². The monoisotopic (exact) mass is 299 g/mol. The largest absolute Gasteiger partial charge is 0.478 e. The van der Waals surface area contributed by atoms with Crippen LogP contribution >= 0.6 is 23.5 Å². The van der Waals surface area contributed by atoms with Crippen molar-refractivity contribution < 1.29 is 9.90 Å². The summed E-state index contributed by atoms with van der Waals surface area (Å²) in [7, 11) is 0. The summed E-state index contributed by atoms with van der Waals surface area (Å²) in [6.07, 6.45) is 3.04. The molecule has 1 unspecified atom stereocenters. The molecule has 0 radical (unpaired) electrons. The smallest absolute Gasteiger partial charge is 0.338 e. The summed E-state index contributed by atoms with van der Waals surface area (Å²) < 4.78 is 0. The van der Waals surface area contributed by atoms with Gasteiger partial charge in [0.25, 0.3) is 0 Å². The molecule has 0 amide bonds. The summed E-state index contributed by atoms with van der Waals surface area (Å²) in [5.74, 6) is 0.977. The maximum absolute atomic E-state index is 11.5. The van der Waals surface area contributed by atoms with Crippen molar-refractivity contribution in [1.82, 2.24) is 0 Å². The molecule has 0 spiro atoms. The number of carboxylic acid groups (broad SMARTS) is 1. The van der Waals surface area contributed by atoms with Gasteiger partial charge < -0.3 is 10.4 Å². The Kier molecular flexibility index (Phi) is 7.16. The molecule has 0 fully saturated rings. The molecule has 1 rings (SSSR count). The van der Waals surface area contributed by atoms with Gasteiger partial charge in [0, 0.05) is 16.7 Å². The molecule has 0 aromatic heterocycles. The quantitative estimate of drug-likeness (QED) is 0.709. The van der Waals surface area contributed by atoms with E-state index in [4.69, 9.17) is 0 Å². The Morgan fingerprint density at radius 1 is 1.42 bits per heavy atom. The Morgan fingerprint density at radius 2 is 2.16 bits per heavy atom. The molecule has 2 N–H and O–H groups in total. The lowest BCUT2D eigenvalue weighted by atomic mass is 10.1. The first-order chi connectivity index (χ1) is 9.13. The van der Waals surface area contributed by atoms with E-state index >= 15 is 0 Å². The molecular weight excluding hydrogens is 278 g/mol. The van der Waals surface area contributed by atoms with E-state index in [1.165, 1.54) is 0 Å². The SMILES string of the molecule is CCSc1cccc(NC(CC)CSC)c1C(=O)O. The first kappa shape index (κ1) is 16.2. The van der Waals surface area contributed by atoms with Gasteiger partial charge >= 0.3 is 5.97 Å². The number of hydrogen-bond donors (Lipinski definition) is 2. The Labute approximate surface area is 123 Å². The summed E-state index contributed by atoms with van der Waals surface area (Å²) in [6.45, 7) is 4.14. The van der Waals surface area contributed by atoms with Crippen LogP contribution in [0.2, 0.25) is 0 Å². The zero-order valence-corrected chi connectivity index (χ0v) is 13.2. The fourth-order valence-electron chi connectivity index (χ4n) is 1.83. The molecule has 0 saturated carbocycles. The van der Waals surface area contributed by atoms with Crippen molar-refractivity contribution in [2.24, 2.45) is 0 Å². The molecule has 0 aliphatic carbocycles. The van der Waals surface area contributed by atoms with Crippen LogP contribution in [-0.4, -0.2) is 34.9 Å². The minimum Gasteiger partial charge on any atom is -0.478 e. The number of nitrogens with one attached hydrogen (secondary N) is 1. The maximum atomic E-state index is 11.5. The molecule has 1 aromatic rings. The number of rotatable bonds is 8. The Hall–Kier alpha value is -0.810. The zero-order chi connectivity index (χ0) is 14.3. The third-order valence-electron chi connectivity index (χ3n) is 2.76. The number of thioether (sulfide) groups is 2. The van der Waals surface area contributed by atoms with E-state index in [2.05, 4.69) is 18.5 Å². The highest BCUT2D eigenvalue weighted by Gasteiger charge is 2.17. The number of hydrogen-bond acceptors (Lipinski definition) is 4. The average molecular weight is 299 g/mol. The van der Waals surface area contributed by atoms with Crippen molar-refractivity contribution in [3.8, 4) is 0 Å². The Morgan fingerprint density at radius 3 is 2.68 bits per heavy atom. The molecule has 19 heavy (non-hydrogen) atoms. The van der Waals surface area contributed by atoms with Crippen LogP contribution in [0.5, 0.6) is 0 Å². The van der Waals surface area contributed by atoms with E-state index in [-0.39, 0.29) is 0 Å². The van der Waals surface area contributed by atoms with Crippen molar-refractivity contribution in [3.05, 3.63) is 23.8 Å². The number of benzene rings is 1. The van der Waals surface area contributed by atoms with E-state index in [9.17, 15) is 9.90 Å².